The maximum atomic E-state index is 8.81. The zero-order valence-corrected chi connectivity index (χ0v) is 12.1. The molecule has 104 valence electrons. The lowest BCUT2D eigenvalue weighted by atomic mass is 9.96. The van der Waals surface area contributed by atoms with Gasteiger partial charge in [0.15, 0.2) is 17.5 Å². The minimum absolute atomic E-state index is 0.165. The third-order valence-corrected chi connectivity index (χ3v) is 2.80. The first-order chi connectivity index (χ1) is 9.32. The summed E-state index contributed by atoms with van der Waals surface area (Å²) in [7, 11) is 0. The van der Waals surface area contributed by atoms with Crippen LogP contribution in [0.25, 0.3) is 5.82 Å². The number of nitrogens with zero attached hydrogens (tertiary/aromatic N) is 5. The molecule has 0 spiro atoms. The van der Waals surface area contributed by atoms with Crippen LogP contribution in [-0.4, -0.2) is 19.7 Å². The van der Waals surface area contributed by atoms with Gasteiger partial charge in [-0.2, -0.15) is 9.94 Å². The molecule has 0 bridgehead atoms. The quantitative estimate of drug-likeness (QED) is 0.898. The molecule has 2 N–H and O–H groups in total. The highest BCUT2D eigenvalue weighted by molar-refractivity contribution is 5.32. The zero-order valence-electron chi connectivity index (χ0n) is 12.1. The average Bonchev–Trinajstić information content (AvgIpc) is 2.84. The lowest BCUT2D eigenvalue weighted by molar-refractivity contribution is 0.543. The summed E-state index contributed by atoms with van der Waals surface area (Å²) in [6, 6.07) is 5.23. The number of rotatable bonds is 2. The van der Waals surface area contributed by atoms with Crippen LogP contribution in [0.15, 0.2) is 18.3 Å². The monoisotopic (exact) mass is 270 g/mol. The average molecular weight is 270 g/mol. The van der Waals surface area contributed by atoms with Crippen molar-refractivity contribution in [2.45, 2.75) is 39.2 Å². The summed E-state index contributed by atoms with van der Waals surface area (Å²) in [5.41, 5.74) is 6.30. The van der Waals surface area contributed by atoms with Crippen LogP contribution >= 0.6 is 0 Å². The summed E-state index contributed by atoms with van der Waals surface area (Å²) in [5, 5.41) is 13.3. The normalized spacial score (nSPS) is 13.0. The van der Waals surface area contributed by atoms with E-state index < -0.39 is 0 Å². The van der Waals surface area contributed by atoms with Crippen LogP contribution in [0.3, 0.4) is 0 Å². The van der Waals surface area contributed by atoms with Gasteiger partial charge in [-0.15, -0.1) is 5.10 Å². The van der Waals surface area contributed by atoms with E-state index in [2.05, 4.69) is 15.1 Å². The van der Waals surface area contributed by atoms with Crippen LogP contribution < -0.4 is 5.73 Å². The van der Waals surface area contributed by atoms with Gasteiger partial charge >= 0.3 is 0 Å². The van der Waals surface area contributed by atoms with Crippen molar-refractivity contribution in [2.24, 2.45) is 5.73 Å². The highest BCUT2D eigenvalue weighted by atomic mass is 15.4. The number of hydrogen-bond acceptors (Lipinski definition) is 5. The maximum absolute atomic E-state index is 8.81. The standard InChI is InChI=1S/C14H18N6/c1-9(16)12-18-13(14(2,3)4)19-20(12)11-6-5-10(7-15)8-17-11/h5-6,8-9H,16H2,1-4H3/t9-/m0/s1. The van der Waals surface area contributed by atoms with Gasteiger partial charge in [0.05, 0.1) is 11.6 Å². The topological polar surface area (TPSA) is 93.4 Å². The molecule has 2 rings (SSSR count). The van der Waals surface area contributed by atoms with Crippen molar-refractivity contribution in [2.75, 3.05) is 0 Å². The van der Waals surface area contributed by atoms with Gasteiger partial charge in [-0.05, 0) is 19.1 Å². The van der Waals surface area contributed by atoms with Gasteiger partial charge in [0, 0.05) is 11.6 Å². The minimum atomic E-state index is -0.254. The first kappa shape index (κ1) is 14.2. The molecule has 0 aliphatic rings. The molecule has 0 fully saturated rings. The minimum Gasteiger partial charge on any atom is -0.322 e. The summed E-state index contributed by atoms with van der Waals surface area (Å²) in [6.45, 7) is 7.99. The Morgan fingerprint density at radius 1 is 1.35 bits per heavy atom. The molecule has 2 aromatic heterocycles. The summed E-state index contributed by atoms with van der Waals surface area (Å²) >= 11 is 0. The number of aromatic nitrogens is 4. The molecule has 0 amide bonds. The molecule has 0 saturated heterocycles. The van der Waals surface area contributed by atoms with Crippen LogP contribution in [0.4, 0.5) is 0 Å². The van der Waals surface area contributed by atoms with E-state index in [4.69, 9.17) is 11.0 Å². The van der Waals surface area contributed by atoms with E-state index in [1.54, 1.807) is 16.8 Å². The third kappa shape index (κ3) is 2.68. The molecule has 0 saturated carbocycles. The van der Waals surface area contributed by atoms with E-state index in [1.165, 1.54) is 6.20 Å². The van der Waals surface area contributed by atoms with Gasteiger partial charge in [0.1, 0.15) is 6.07 Å². The lowest BCUT2D eigenvalue weighted by Gasteiger charge is -2.12. The van der Waals surface area contributed by atoms with Crippen molar-refractivity contribution >= 4 is 0 Å². The second kappa shape index (κ2) is 5.02. The van der Waals surface area contributed by atoms with E-state index in [-0.39, 0.29) is 11.5 Å². The molecule has 0 aromatic carbocycles. The Hall–Kier alpha value is -2.26. The highest BCUT2D eigenvalue weighted by Gasteiger charge is 2.24. The molecule has 6 heteroatoms. The number of hydrogen-bond donors (Lipinski definition) is 1. The fraction of sp³-hybridized carbons (Fsp3) is 0.429. The smallest absolute Gasteiger partial charge is 0.156 e. The molecule has 0 radical (unpaired) electrons. The van der Waals surface area contributed by atoms with Gasteiger partial charge in [-0.25, -0.2) is 9.97 Å². The molecular weight excluding hydrogens is 252 g/mol. The van der Waals surface area contributed by atoms with Crippen LogP contribution in [0.1, 0.15) is 50.9 Å². The first-order valence-electron chi connectivity index (χ1n) is 6.42. The largest absolute Gasteiger partial charge is 0.322 e. The molecule has 0 aliphatic carbocycles. The summed E-state index contributed by atoms with van der Waals surface area (Å²) in [4.78, 5) is 8.76. The molecule has 6 nitrogen and oxygen atoms in total. The zero-order chi connectivity index (χ0) is 14.9. The second-order valence-corrected chi connectivity index (χ2v) is 5.76. The third-order valence-electron chi connectivity index (χ3n) is 2.80. The lowest BCUT2D eigenvalue weighted by Crippen LogP contribution is -2.14. The SMILES string of the molecule is C[C@H](N)c1nc(C(C)(C)C)nn1-c1ccc(C#N)cn1. The van der Waals surface area contributed by atoms with Crippen molar-refractivity contribution in [3.05, 3.63) is 35.5 Å². The van der Waals surface area contributed by atoms with Crippen molar-refractivity contribution in [3.63, 3.8) is 0 Å². The van der Waals surface area contributed by atoms with Gasteiger partial charge in [0.2, 0.25) is 0 Å². The number of nitrogens with two attached hydrogens (primary N) is 1. The van der Waals surface area contributed by atoms with Gasteiger partial charge in [0.25, 0.3) is 0 Å². The van der Waals surface area contributed by atoms with Crippen molar-refractivity contribution in [1.82, 2.24) is 19.7 Å². The van der Waals surface area contributed by atoms with E-state index in [9.17, 15) is 0 Å². The van der Waals surface area contributed by atoms with Crippen LogP contribution in [0.2, 0.25) is 0 Å². The fourth-order valence-electron chi connectivity index (χ4n) is 1.68. The van der Waals surface area contributed by atoms with Crippen molar-refractivity contribution < 1.29 is 0 Å². The van der Waals surface area contributed by atoms with E-state index in [0.29, 0.717) is 17.2 Å². The summed E-state index contributed by atoms with van der Waals surface area (Å²) in [5.74, 6) is 1.99. The fourth-order valence-corrected chi connectivity index (χ4v) is 1.68. The number of pyridine rings is 1. The Morgan fingerprint density at radius 2 is 2.05 bits per heavy atom. The first-order valence-corrected chi connectivity index (χ1v) is 6.42. The van der Waals surface area contributed by atoms with E-state index in [0.717, 1.165) is 5.82 Å². The number of nitriles is 1. The van der Waals surface area contributed by atoms with Crippen LogP contribution in [-0.2, 0) is 5.41 Å². The van der Waals surface area contributed by atoms with E-state index in [1.807, 2.05) is 33.8 Å². The predicted molar refractivity (Wildman–Crippen MR) is 75.2 cm³/mol. The molecule has 20 heavy (non-hydrogen) atoms. The highest BCUT2D eigenvalue weighted by Crippen LogP contribution is 2.22. The van der Waals surface area contributed by atoms with Gasteiger partial charge in [-0.1, -0.05) is 20.8 Å². The van der Waals surface area contributed by atoms with Gasteiger partial charge in [-0.3, -0.25) is 0 Å². The predicted octanol–water partition coefficient (Wildman–Crippen LogP) is 1.85. The molecule has 2 aromatic rings. The van der Waals surface area contributed by atoms with Gasteiger partial charge < -0.3 is 5.73 Å². The maximum Gasteiger partial charge on any atom is 0.156 e. The van der Waals surface area contributed by atoms with Crippen LogP contribution in [0.5, 0.6) is 0 Å². The Morgan fingerprint density at radius 3 is 2.50 bits per heavy atom. The second-order valence-electron chi connectivity index (χ2n) is 5.76. The Kier molecular flexibility index (Phi) is 3.55. The Labute approximate surface area is 118 Å². The van der Waals surface area contributed by atoms with E-state index >= 15 is 0 Å². The van der Waals surface area contributed by atoms with Crippen LogP contribution in [0, 0.1) is 11.3 Å². The molecule has 2 heterocycles. The van der Waals surface area contributed by atoms with Crippen molar-refractivity contribution in [3.8, 4) is 11.9 Å². The van der Waals surface area contributed by atoms with Crippen molar-refractivity contribution in [1.29, 1.82) is 5.26 Å². The molecule has 0 aliphatic heterocycles. The molecular formula is C14H18N6. The summed E-state index contributed by atoms with van der Waals surface area (Å²) < 4.78 is 1.65. The Balaban J connectivity index is 2.54. The molecule has 0 unspecified atom stereocenters. The Bertz CT molecular complexity index is 640. The summed E-state index contributed by atoms with van der Waals surface area (Å²) in [6.07, 6.45) is 1.51. The molecule has 1 atom stereocenters.